The number of carboxylic acid groups (broad SMARTS) is 1. The van der Waals surface area contributed by atoms with Crippen LogP contribution in [0.25, 0.3) is 5.69 Å². The van der Waals surface area contributed by atoms with Crippen LogP contribution >= 0.6 is 11.6 Å². The molecule has 0 unspecified atom stereocenters. The molecule has 0 spiro atoms. The molecule has 0 aliphatic rings. The molecule has 5 heteroatoms. The van der Waals surface area contributed by atoms with Gasteiger partial charge in [0.2, 0.25) is 0 Å². The summed E-state index contributed by atoms with van der Waals surface area (Å²) < 4.78 is 2.19. The van der Waals surface area contributed by atoms with Crippen LogP contribution in [0.4, 0.5) is 5.69 Å². The van der Waals surface area contributed by atoms with Crippen LogP contribution in [0.1, 0.15) is 32.9 Å². The molecule has 1 N–H and O–H groups in total. The third-order valence-electron chi connectivity index (χ3n) is 4.27. The van der Waals surface area contributed by atoms with Gasteiger partial charge in [-0.05, 0) is 62.7 Å². The van der Waals surface area contributed by atoms with Gasteiger partial charge in [-0.25, -0.2) is 4.79 Å². The molecule has 2 aromatic carbocycles. The standard InChI is InChI=1S/C21H19ClN2O2/c1-13-5-4-6-18(9-13)24-14(2)10-16(15(24)3)12-23-17-7-8-19(21(25)26)20(22)11-17/h4-12H,1-3H3,(H,25,26). The third-order valence-corrected chi connectivity index (χ3v) is 4.58. The lowest BCUT2D eigenvalue weighted by Crippen LogP contribution is -1.99. The van der Waals surface area contributed by atoms with Gasteiger partial charge >= 0.3 is 5.97 Å². The van der Waals surface area contributed by atoms with E-state index in [0.717, 1.165) is 22.6 Å². The van der Waals surface area contributed by atoms with Gasteiger partial charge in [0.25, 0.3) is 0 Å². The van der Waals surface area contributed by atoms with Crippen LogP contribution in [0.3, 0.4) is 0 Å². The first-order valence-electron chi connectivity index (χ1n) is 8.19. The highest BCUT2D eigenvalue weighted by Crippen LogP contribution is 2.24. The number of aromatic carboxylic acids is 1. The van der Waals surface area contributed by atoms with Gasteiger partial charge in [0.05, 0.1) is 16.3 Å². The fraction of sp³-hybridized carbons (Fsp3) is 0.143. The Kier molecular flexibility index (Phi) is 4.96. The Bertz CT molecular complexity index is 1020. The van der Waals surface area contributed by atoms with Gasteiger partial charge in [0.1, 0.15) is 0 Å². The largest absolute Gasteiger partial charge is 0.478 e. The van der Waals surface area contributed by atoms with E-state index in [9.17, 15) is 4.79 Å². The van der Waals surface area contributed by atoms with Crippen molar-refractivity contribution in [2.75, 3.05) is 0 Å². The fourth-order valence-corrected chi connectivity index (χ4v) is 3.24. The first kappa shape index (κ1) is 18.0. The van der Waals surface area contributed by atoms with Crippen LogP contribution < -0.4 is 0 Å². The van der Waals surface area contributed by atoms with Gasteiger partial charge in [-0.1, -0.05) is 23.7 Å². The number of hydrogen-bond donors (Lipinski definition) is 1. The summed E-state index contributed by atoms with van der Waals surface area (Å²) in [6.45, 7) is 6.19. The number of hydrogen-bond acceptors (Lipinski definition) is 2. The number of aromatic nitrogens is 1. The number of aliphatic imine (C=N–C) groups is 1. The number of carboxylic acids is 1. The molecule has 132 valence electrons. The molecule has 4 nitrogen and oxygen atoms in total. The van der Waals surface area contributed by atoms with Crippen molar-refractivity contribution in [3.63, 3.8) is 0 Å². The summed E-state index contributed by atoms with van der Waals surface area (Å²) >= 11 is 6.00. The second-order valence-corrected chi connectivity index (χ2v) is 6.64. The molecule has 1 heterocycles. The second kappa shape index (κ2) is 7.18. The molecule has 0 radical (unpaired) electrons. The third kappa shape index (κ3) is 3.55. The minimum atomic E-state index is -1.05. The van der Waals surface area contributed by atoms with Crippen molar-refractivity contribution in [2.45, 2.75) is 20.8 Å². The van der Waals surface area contributed by atoms with Crippen molar-refractivity contribution in [1.29, 1.82) is 0 Å². The smallest absolute Gasteiger partial charge is 0.337 e. The Balaban J connectivity index is 1.94. The number of aryl methyl sites for hydroxylation is 2. The minimum Gasteiger partial charge on any atom is -0.478 e. The van der Waals surface area contributed by atoms with Crippen LogP contribution in [-0.2, 0) is 0 Å². The summed E-state index contributed by atoms with van der Waals surface area (Å²) in [5.74, 6) is -1.05. The molecule has 0 aliphatic heterocycles. The normalized spacial score (nSPS) is 11.2. The average Bonchev–Trinajstić information content (AvgIpc) is 2.86. The van der Waals surface area contributed by atoms with Crippen molar-refractivity contribution in [3.8, 4) is 5.69 Å². The van der Waals surface area contributed by atoms with Gasteiger partial charge in [0, 0.05) is 28.9 Å². The highest BCUT2D eigenvalue weighted by molar-refractivity contribution is 6.33. The summed E-state index contributed by atoms with van der Waals surface area (Å²) in [7, 11) is 0. The number of nitrogens with zero attached hydrogens (tertiary/aromatic N) is 2. The topological polar surface area (TPSA) is 54.6 Å². The van der Waals surface area contributed by atoms with E-state index < -0.39 is 5.97 Å². The van der Waals surface area contributed by atoms with Gasteiger partial charge in [-0.3, -0.25) is 4.99 Å². The summed E-state index contributed by atoms with van der Waals surface area (Å²) in [5, 5.41) is 9.21. The SMILES string of the molecule is Cc1cccc(-n2c(C)cc(C=Nc3ccc(C(=O)O)c(Cl)c3)c2C)c1. The number of carbonyl (C=O) groups is 1. The van der Waals surface area contributed by atoms with E-state index in [1.54, 1.807) is 18.3 Å². The van der Waals surface area contributed by atoms with Gasteiger partial charge < -0.3 is 9.67 Å². The van der Waals surface area contributed by atoms with Gasteiger partial charge in [-0.2, -0.15) is 0 Å². The van der Waals surface area contributed by atoms with Crippen LogP contribution in [0.15, 0.2) is 53.5 Å². The maximum atomic E-state index is 11.0. The first-order valence-corrected chi connectivity index (χ1v) is 8.57. The van der Waals surface area contributed by atoms with Gasteiger partial charge in [0.15, 0.2) is 0 Å². The summed E-state index contributed by atoms with van der Waals surface area (Å²) in [4.78, 5) is 15.5. The molecule has 1 aromatic heterocycles. The van der Waals surface area contributed by atoms with Crippen LogP contribution in [0.2, 0.25) is 5.02 Å². The zero-order chi connectivity index (χ0) is 18.8. The predicted molar refractivity (Wildman–Crippen MR) is 106 cm³/mol. The highest BCUT2D eigenvalue weighted by atomic mass is 35.5. The average molecular weight is 367 g/mol. The quantitative estimate of drug-likeness (QED) is 0.619. The van der Waals surface area contributed by atoms with E-state index in [1.807, 2.05) is 6.07 Å². The molecule has 0 amide bonds. The fourth-order valence-electron chi connectivity index (χ4n) is 2.98. The molecule has 0 saturated heterocycles. The molecule has 0 aliphatic carbocycles. The minimum absolute atomic E-state index is 0.0724. The van der Waals surface area contributed by atoms with E-state index >= 15 is 0 Å². The van der Waals surface area contributed by atoms with E-state index in [1.165, 1.54) is 11.6 Å². The Morgan fingerprint density at radius 3 is 2.54 bits per heavy atom. The molecule has 26 heavy (non-hydrogen) atoms. The Labute approximate surface area is 157 Å². The number of rotatable bonds is 4. The molecule has 0 fully saturated rings. The maximum Gasteiger partial charge on any atom is 0.337 e. The van der Waals surface area contributed by atoms with Crippen molar-refractivity contribution < 1.29 is 9.90 Å². The lowest BCUT2D eigenvalue weighted by atomic mass is 10.2. The zero-order valence-electron chi connectivity index (χ0n) is 14.8. The van der Waals surface area contributed by atoms with Crippen LogP contribution in [0, 0.1) is 20.8 Å². The van der Waals surface area contributed by atoms with Crippen LogP contribution in [-0.4, -0.2) is 21.9 Å². The maximum absolute atomic E-state index is 11.0. The predicted octanol–water partition coefficient (Wildman–Crippen LogP) is 5.50. The molecule has 3 aromatic rings. The highest BCUT2D eigenvalue weighted by Gasteiger charge is 2.10. The first-order chi connectivity index (χ1) is 12.4. The van der Waals surface area contributed by atoms with Crippen molar-refractivity contribution >= 4 is 29.5 Å². The Hall–Kier alpha value is -2.85. The van der Waals surface area contributed by atoms with Crippen molar-refractivity contribution in [1.82, 2.24) is 4.57 Å². The summed E-state index contributed by atoms with van der Waals surface area (Å²) in [5.41, 5.74) is 6.22. The lowest BCUT2D eigenvalue weighted by Gasteiger charge is -2.10. The van der Waals surface area contributed by atoms with E-state index in [-0.39, 0.29) is 10.6 Å². The van der Waals surface area contributed by atoms with E-state index in [2.05, 4.69) is 54.6 Å². The van der Waals surface area contributed by atoms with E-state index in [0.29, 0.717) is 5.69 Å². The number of benzene rings is 2. The van der Waals surface area contributed by atoms with E-state index in [4.69, 9.17) is 16.7 Å². The molecule has 3 rings (SSSR count). The van der Waals surface area contributed by atoms with Crippen LogP contribution in [0.5, 0.6) is 0 Å². The zero-order valence-corrected chi connectivity index (χ0v) is 15.6. The van der Waals surface area contributed by atoms with Crippen molar-refractivity contribution in [2.24, 2.45) is 4.99 Å². The Morgan fingerprint density at radius 1 is 1.12 bits per heavy atom. The summed E-state index contributed by atoms with van der Waals surface area (Å²) in [6, 6.07) is 15.1. The molecular weight excluding hydrogens is 348 g/mol. The van der Waals surface area contributed by atoms with Gasteiger partial charge in [-0.15, -0.1) is 0 Å². The monoisotopic (exact) mass is 366 g/mol. The molecule has 0 bridgehead atoms. The molecule has 0 atom stereocenters. The molecular formula is C21H19ClN2O2. The van der Waals surface area contributed by atoms with Crippen molar-refractivity contribution in [3.05, 3.63) is 81.6 Å². The second-order valence-electron chi connectivity index (χ2n) is 6.23. The molecule has 0 saturated carbocycles. The summed E-state index contributed by atoms with van der Waals surface area (Å²) in [6.07, 6.45) is 1.78. The number of halogens is 1. The Morgan fingerprint density at radius 2 is 1.88 bits per heavy atom. The lowest BCUT2D eigenvalue weighted by molar-refractivity contribution is 0.0697.